The molecule has 2 N–H and O–H groups in total. The maximum Gasteiger partial charge on any atom is 0.387 e. The van der Waals surface area contributed by atoms with Gasteiger partial charge in [-0.25, -0.2) is 4.39 Å². The summed E-state index contributed by atoms with van der Waals surface area (Å²) in [6, 6.07) is 10.5. The molecule has 0 atom stereocenters. The molecule has 1 amide bonds. The van der Waals surface area contributed by atoms with E-state index in [1.54, 1.807) is 6.92 Å². The first-order chi connectivity index (χ1) is 15.5. The summed E-state index contributed by atoms with van der Waals surface area (Å²) in [7, 11) is 0. The van der Waals surface area contributed by atoms with Crippen molar-refractivity contribution in [1.82, 2.24) is 0 Å². The number of carbonyl (C=O) groups excluding carboxylic acids is 1. The highest BCUT2D eigenvalue weighted by atomic mass is 19.3. The van der Waals surface area contributed by atoms with Crippen LogP contribution in [-0.2, 0) is 15.0 Å². The van der Waals surface area contributed by atoms with Crippen molar-refractivity contribution >= 4 is 17.6 Å². The van der Waals surface area contributed by atoms with Crippen LogP contribution < -0.4 is 10.1 Å². The first kappa shape index (κ1) is 24.6. The number of ether oxygens (including phenoxy) is 1. The molecule has 8 heteroatoms. The van der Waals surface area contributed by atoms with Gasteiger partial charge < -0.3 is 15.2 Å². The second-order valence-corrected chi connectivity index (χ2v) is 9.16. The number of hydrogen-bond acceptors (Lipinski definition) is 3. The van der Waals surface area contributed by atoms with Gasteiger partial charge in [0.2, 0.25) is 5.91 Å². The van der Waals surface area contributed by atoms with Gasteiger partial charge in [0.25, 0.3) is 0 Å². The molecule has 33 heavy (non-hydrogen) atoms. The highest BCUT2D eigenvalue weighted by molar-refractivity contribution is 6.00. The summed E-state index contributed by atoms with van der Waals surface area (Å²) in [5.41, 5.74) is -0.379. The van der Waals surface area contributed by atoms with Crippen LogP contribution in [0.25, 0.3) is 0 Å². The molecule has 0 unspecified atom stereocenters. The van der Waals surface area contributed by atoms with Gasteiger partial charge in [0.1, 0.15) is 5.82 Å². The zero-order valence-corrected chi connectivity index (χ0v) is 18.8. The van der Waals surface area contributed by atoms with E-state index in [-0.39, 0.29) is 37.3 Å². The molecule has 5 nitrogen and oxygen atoms in total. The zero-order valence-electron chi connectivity index (χ0n) is 18.8. The van der Waals surface area contributed by atoms with E-state index in [0.717, 1.165) is 23.3 Å². The summed E-state index contributed by atoms with van der Waals surface area (Å²) in [6.45, 7) is 2.48. The lowest BCUT2D eigenvalue weighted by atomic mass is 9.60. The Hall–Kier alpha value is -3.03. The Bertz CT molecular complexity index is 1030. The van der Waals surface area contributed by atoms with Crippen molar-refractivity contribution in [2.45, 2.75) is 64.4 Å². The van der Waals surface area contributed by atoms with E-state index in [0.29, 0.717) is 0 Å². The molecule has 0 aromatic heterocycles. The Kier molecular flexibility index (Phi) is 7.05. The molecule has 1 fully saturated rings. The average molecular weight is 463 g/mol. The van der Waals surface area contributed by atoms with Crippen LogP contribution in [0, 0.1) is 11.2 Å². The van der Waals surface area contributed by atoms with Crippen molar-refractivity contribution in [3.8, 4) is 5.75 Å². The molecule has 0 heterocycles. The molecule has 0 aliphatic heterocycles. The normalized spacial score (nSPS) is 22.9. The molecule has 178 valence electrons. The van der Waals surface area contributed by atoms with E-state index in [1.807, 2.05) is 38.1 Å². The van der Waals surface area contributed by atoms with Crippen molar-refractivity contribution < 1.29 is 32.6 Å². The molecule has 2 aromatic rings. The van der Waals surface area contributed by atoms with E-state index in [1.165, 1.54) is 6.07 Å². The van der Waals surface area contributed by atoms with Crippen LogP contribution in [0.15, 0.2) is 42.5 Å². The number of halogens is 3. The van der Waals surface area contributed by atoms with Gasteiger partial charge in [-0.1, -0.05) is 38.1 Å². The molecular formula is C25H28F3NO4. The average Bonchev–Trinajstić information content (AvgIpc) is 2.75. The van der Waals surface area contributed by atoms with Crippen molar-refractivity contribution in [3.05, 3.63) is 59.4 Å². The number of carboxylic acid groups (broad SMARTS) is 1. The van der Waals surface area contributed by atoms with Crippen LogP contribution in [0.2, 0.25) is 0 Å². The highest BCUT2D eigenvalue weighted by Crippen LogP contribution is 2.49. The number of hydrogen-bond donors (Lipinski definition) is 2. The molecule has 1 aliphatic carbocycles. The van der Waals surface area contributed by atoms with E-state index in [4.69, 9.17) is 0 Å². The molecular weight excluding hydrogens is 435 g/mol. The summed E-state index contributed by atoms with van der Waals surface area (Å²) in [5, 5.41) is 12.3. The van der Waals surface area contributed by atoms with Gasteiger partial charge in [-0.2, -0.15) is 8.78 Å². The fourth-order valence-corrected chi connectivity index (χ4v) is 4.53. The lowest BCUT2D eigenvalue weighted by Gasteiger charge is -2.43. The van der Waals surface area contributed by atoms with Crippen LogP contribution in [0.5, 0.6) is 5.75 Å². The molecule has 0 saturated heterocycles. The SMILES string of the molecule is CC(C)c1ccccc1C1(C(=O)Nc2ccc(F)cc2OC(F)F)CCC(C)(C(=O)O)CC1. The predicted molar refractivity (Wildman–Crippen MR) is 118 cm³/mol. The van der Waals surface area contributed by atoms with Crippen LogP contribution in [0.4, 0.5) is 18.9 Å². The van der Waals surface area contributed by atoms with Crippen LogP contribution in [-0.4, -0.2) is 23.6 Å². The van der Waals surface area contributed by atoms with Gasteiger partial charge in [0, 0.05) is 6.07 Å². The summed E-state index contributed by atoms with van der Waals surface area (Å²) < 4.78 is 43.8. The Morgan fingerprint density at radius 1 is 1.06 bits per heavy atom. The van der Waals surface area contributed by atoms with Gasteiger partial charge in [0.05, 0.1) is 16.5 Å². The van der Waals surface area contributed by atoms with Gasteiger partial charge in [-0.05, 0) is 61.8 Å². The zero-order chi connectivity index (χ0) is 24.4. The summed E-state index contributed by atoms with van der Waals surface area (Å²) in [5.74, 6) is -2.54. The second-order valence-electron chi connectivity index (χ2n) is 9.16. The Morgan fingerprint density at radius 2 is 1.70 bits per heavy atom. The molecule has 2 aromatic carbocycles. The molecule has 0 radical (unpaired) electrons. The third-order valence-electron chi connectivity index (χ3n) is 6.66. The molecule has 0 bridgehead atoms. The smallest absolute Gasteiger partial charge is 0.387 e. The fraction of sp³-hybridized carbons (Fsp3) is 0.440. The number of amides is 1. The van der Waals surface area contributed by atoms with Crippen LogP contribution in [0.1, 0.15) is 63.5 Å². The molecule has 1 aliphatic rings. The monoisotopic (exact) mass is 463 g/mol. The molecule has 3 rings (SSSR count). The van der Waals surface area contributed by atoms with Crippen molar-refractivity contribution in [3.63, 3.8) is 0 Å². The number of rotatable bonds is 7. The van der Waals surface area contributed by atoms with Gasteiger partial charge in [-0.3, -0.25) is 9.59 Å². The third kappa shape index (κ3) is 4.99. The Morgan fingerprint density at radius 3 is 2.27 bits per heavy atom. The highest BCUT2D eigenvalue weighted by Gasteiger charge is 2.50. The van der Waals surface area contributed by atoms with Crippen LogP contribution in [0.3, 0.4) is 0 Å². The van der Waals surface area contributed by atoms with E-state index in [2.05, 4.69) is 10.1 Å². The minimum Gasteiger partial charge on any atom is -0.481 e. The number of anilines is 1. The first-order valence-electron chi connectivity index (χ1n) is 10.9. The number of nitrogens with one attached hydrogen (secondary N) is 1. The summed E-state index contributed by atoms with van der Waals surface area (Å²) >= 11 is 0. The lowest BCUT2D eigenvalue weighted by Crippen LogP contribution is -2.47. The quantitative estimate of drug-likeness (QED) is 0.521. The van der Waals surface area contributed by atoms with Crippen LogP contribution >= 0.6 is 0 Å². The van der Waals surface area contributed by atoms with E-state index >= 15 is 0 Å². The number of carboxylic acids is 1. The number of carbonyl (C=O) groups is 2. The summed E-state index contributed by atoms with van der Waals surface area (Å²) in [6.07, 6.45) is 1.06. The minimum absolute atomic E-state index is 0.0744. The van der Waals surface area contributed by atoms with E-state index < -0.39 is 40.9 Å². The Labute approximate surface area is 191 Å². The topological polar surface area (TPSA) is 75.6 Å². The van der Waals surface area contributed by atoms with Gasteiger partial charge in [-0.15, -0.1) is 0 Å². The molecule has 0 spiro atoms. The second kappa shape index (κ2) is 9.45. The largest absolute Gasteiger partial charge is 0.481 e. The number of alkyl halides is 2. The van der Waals surface area contributed by atoms with Crippen molar-refractivity contribution in [2.24, 2.45) is 5.41 Å². The van der Waals surface area contributed by atoms with Gasteiger partial charge >= 0.3 is 12.6 Å². The first-order valence-corrected chi connectivity index (χ1v) is 10.9. The minimum atomic E-state index is -3.19. The number of aliphatic carboxylic acids is 1. The molecule has 1 saturated carbocycles. The fourth-order valence-electron chi connectivity index (χ4n) is 4.53. The number of benzene rings is 2. The van der Waals surface area contributed by atoms with Crippen molar-refractivity contribution in [2.75, 3.05) is 5.32 Å². The third-order valence-corrected chi connectivity index (χ3v) is 6.66. The maximum atomic E-state index is 13.8. The maximum absolute atomic E-state index is 13.8. The Balaban J connectivity index is 2.05. The van der Waals surface area contributed by atoms with E-state index in [9.17, 15) is 27.9 Å². The van der Waals surface area contributed by atoms with Crippen molar-refractivity contribution in [1.29, 1.82) is 0 Å². The standard InChI is InChI=1S/C25H28F3NO4/c1-15(2)17-6-4-5-7-18(17)25(12-10-24(3,11-13-25)22(31)32)21(30)29-19-9-8-16(26)14-20(19)33-23(27)28/h4-9,14-15,23H,10-13H2,1-3H3,(H,29,30)(H,31,32). The predicted octanol–water partition coefficient (Wildman–Crippen LogP) is 6.09. The lowest BCUT2D eigenvalue weighted by molar-refractivity contribution is -0.151. The summed E-state index contributed by atoms with van der Waals surface area (Å²) in [4.78, 5) is 25.6. The van der Waals surface area contributed by atoms with Gasteiger partial charge in [0.15, 0.2) is 5.75 Å².